The molecule has 1 heterocycles. The number of nitrogens with one attached hydrogen (secondary N) is 1. The van der Waals surface area contributed by atoms with Crippen LogP contribution in [-0.2, 0) is 14.1 Å². The van der Waals surface area contributed by atoms with Gasteiger partial charge in [0.05, 0.1) is 12.6 Å². The number of aliphatic hydroxyl groups excluding tert-OH is 1. The number of hydrogen-bond donors (Lipinski definition) is 2. The van der Waals surface area contributed by atoms with Gasteiger partial charge >= 0.3 is 5.69 Å². The van der Waals surface area contributed by atoms with Gasteiger partial charge in [-0.3, -0.25) is 13.9 Å². The Hall–Kier alpha value is -2.07. The van der Waals surface area contributed by atoms with Crippen molar-refractivity contribution in [3.05, 3.63) is 26.4 Å². The van der Waals surface area contributed by atoms with Crippen molar-refractivity contribution >= 4 is 5.82 Å². The maximum Gasteiger partial charge on any atom is 0.332 e. The molecule has 0 saturated heterocycles. The van der Waals surface area contributed by atoms with Gasteiger partial charge in [-0.25, -0.2) is 4.79 Å². The van der Waals surface area contributed by atoms with E-state index >= 15 is 0 Å². The van der Waals surface area contributed by atoms with E-state index in [4.69, 9.17) is 5.26 Å². The number of anilines is 1. The van der Waals surface area contributed by atoms with Gasteiger partial charge in [-0.2, -0.15) is 5.26 Å². The van der Waals surface area contributed by atoms with Crippen molar-refractivity contribution in [3.8, 4) is 6.07 Å². The second-order valence-electron chi connectivity index (χ2n) is 4.72. The third-order valence-corrected chi connectivity index (χ3v) is 3.10. The van der Waals surface area contributed by atoms with Crippen molar-refractivity contribution in [3.63, 3.8) is 0 Å². The zero-order valence-corrected chi connectivity index (χ0v) is 11.5. The number of nitrogens with zero attached hydrogens (tertiary/aromatic N) is 3. The van der Waals surface area contributed by atoms with Crippen molar-refractivity contribution in [2.45, 2.75) is 19.9 Å². The van der Waals surface area contributed by atoms with Crippen molar-refractivity contribution in [2.75, 3.05) is 11.9 Å². The molecule has 0 unspecified atom stereocenters. The first-order valence-electron chi connectivity index (χ1n) is 5.92. The average Bonchev–Trinajstić information content (AvgIpc) is 2.38. The molecule has 0 saturated carbocycles. The molecular weight excluding hydrogens is 248 g/mol. The Morgan fingerprint density at radius 3 is 2.32 bits per heavy atom. The zero-order valence-electron chi connectivity index (χ0n) is 11.5. The molecule has 0 aliphatic rings. The summed E-state index contributed by atoms with van der Waals surface area (Å²) in [4.78, 5) is 23.7. The summed E-state index contributed by atoms with van der Waals surface area (Å²) < 4.78 is 2.08. The number of hydrogen-bond acceptors (Lipinski definition) is 5. The van der Waals surface area contributed by atoms with Gasteiger partial charge in [0.2, 0.25) is 0 Å². The lowest BCUT2D eigenvalue weighted by atomic mass is 10.1. The highest BCUT2D eigenvalue weighted by Crippen LogP contribution is 2.12. The van der Waals surface area contributed by atoms with Crippen LogP contribution in [0.3, 0.4) is 0 Å². The first kappa shape index (κ1) is 15.0. The monoisotopic (exact) mass is 266 g/mol. The summed E-state index contributed by atoms with van der Waals surface area (Å²) in [5.74, 6) is 0.221. The highest BCUT2D eigenvalue weighted by molar-refractivity contribution is 5.51. The van der Waals surface area contributed by atoms with Gasteiger partial charge < -0.3 is 10.4 Å². The molecule has 19 heavy (non-hydrogen) atoms. The molecule has 0 bridgehead atoms. The lowest BCUT2D eigenvalue weighted by Crippen LogP contribution is -2.42. The van der Waals surface area contributed by atoms with Gasteiger partial charge in [0.1, 0.15) is 11.9 Å². The molecule has 1 rings (SSSR count). The molecule has 0 fully saturated rings. The van der Waals surface area contributed by atoms with Crippen molar-refractivity contribution in [1.82, 2.24) is 9.13 Å². The van der Waals surface area contributed by atoms with Crippen LogP contribution >= 0.6 is 0 Å². The predicted molar refractivity (Wildman–Crippen MR) is 71.0 cm³/mol. The highest BCUT2D eigenvalue weighted by Gasteiger charge is 2.19. The molecule has 0 radical (unpaired) electrons. The van der Waals surface area contributed by atoms with Crippen LogP contribution in [0.5, 0.6) is 0 Å². The zero-order chi connectivity index (χ0) is 14.7. The van der Waals surface area contributed by atoms with Gasteiger partial charge in [0.15, 0.2) is 5.56 Å². The van der Waals surface area contributed by atoms with Crippen LogP contribution in [-0.4, -0.2) is 26.9 Å². The van der Waals surface area contributed by atoms with Crippen LogP contribution in [0.15, 0.2) is 9.59 Å². The van der Waals surface area contributed by atoms with E-state index in [1.807, 2.05) is 13.8 Å². The summed E-state index contributed by atoms with van der Waals surface area (Å²) in [6.07, 6.45) is 0. The lowest BCUT2D eigenvalue weighted by molar-refractivity contribution is 0.248. The number of aliphatic hydroxyl groups is 1. The Morgan fingerprint density at radius 2 is 1.89 bits per heavy atom. The molecule has 1 atom stereocenters. The van der Waals surface area contributed by atoms with E-state index in [9.17, 15) is 14.7 Å². The third-order valence-electron chi connectivity index (χ3n) is 3.10. The second-order valence-corrected chi connectivity index (χ2v) is 4.72. The fraction of sp³-hybridized carbons (Fsp3) is 0.583. The van der Waals surface area contributed by atoms with E-state index in [2.05, 4.69) is 5.32 Å². The minimum Gasteiger partial charge on any atom is -0.394 e. The van der Waals surface area contributed by atoms with E-state index in [1.54, 1.807) is 6.07 Å². The molecule has 7 nitrogen and oxygen atoms in total. The first-order chi connectivity index (χ1) is 8.84. The van der Waals surface area contributed by atoms with Crippen LogP contribution in [0, 0.1) is 17.2 Å². The minimum atomic E-state index is -0.645. The maximum absolute atomic E-state index is 11.9. The highest BCUT2D eigenvalue weighted by atomic mass is 16.3. The van der Waals surface area contributed by atoms with Crippen LogP contribution in [0.25, 0.3) is 0 Å². The summed E-state index contributed by atoms with van der Waals surface area (Å²) in [5, 5.41) is 21.3. The van der Waals surface area contributed by atoms with Crippen LogP contribution in [0.1, 0.15) is 19.4 Å². The van der Waals surface area contributed by atoms with E-state index in [0.717, 1.165) is 4.57 Å². The largest absolute Gasteiger partial charge is 0.394 e. The van der Waals surface area contributed by atoms with Crippen molar-refractivity contribution < 1.29 is 5.11 Å². The minimum absolute atomic E-state index is 0.0794. The maximum atomic E-state index is 11.9. The summed E-state index contributed by atoms with van der Waals surface area (Å²) in [7, 11) is 2.79. The van der Waals surface area contributed by atoms with Crippen LogP contribution < -0.4 is 16.6 Å². The molecule has 7 heteroatoms. The molecular formula is C12H18N4O3. The smallest absolute Gasteiger partial charge is 0.332 e. The van der Waals surface area contributed by atoms with E-state index in [1.165, 1.54) is 18.7 Å². The SMILES string of the molecule is CC(C)[C@@H](CO)Nc1c(C#N)c(=O)n(C)c(=O)n1C. The van der Waals surface area contributed by atoms with Crippen molar-refractivity contribution in [1.29, 1.82) is 5.26 Å². The molecule has 1 aromatic rings. The Morgan fingerprint density at radius 1 is 1.32 bits per heavy atom. The normalized spacial score (nSPS) is 12.3. The number of rotatable bonds is 4. The Bertz CT molecular complexity index is 622. The standard InChI is InChI=1S/C12H18N4O3/c1-7(2)9(6-17)14-10-8(5-13)11(18)16(4)12(19)15(10)3/h7,9,14,17H,6H2,1-4H3/t9-/m1/s1. The second kappa shape index (κ2) is 5.71. The summed E-state index contributed by atoms with van der Waals surface area (Å²) in [6.45, 7) is 3.62. The fourth-order valence-electron chi connectivity index (χ4n) is 1.71. The molecule has 0 aliphatic carbocycles. The Kier molecular flexibility index (Phi) is 4.51. The van der Waals surface area contributed by atoms with Gasteiger partial charge in [0.25, 0.3) is 5.56 Å². The molecule has 0 amide bonds. The molecule has 104 valence electrons. The fourth-order valence-corrected chi connectivity index (χ4v) is 1.71. The topological polar surface area (TPSA) is 100 Å². The van der Waals surface area contributed by atoms with Crippen LogP contribution in [0.2, 0.25) is 0 Å². The third kappa shape index (κ3) is 2.69. The molecule has 0 spiro atoms. The van der Waals surface area contributed by atoms with E-state index in [-0.39, 0.29) is 29.9 Å². The average molecular weight is 266 g/mol. The van der Waals surface area contributed by atoms with E-state index < -0.39 is 11.2 Å². The lowest BCUT2D eigenvalue weighted by Gasteiger charge is -2.23. The Labute approximate surface area is 110 Å². The van der Waals surface area contributed by atoms with Crippen molar-refractivity contribution in [2.24, 2.45) is 20.0 Å². The number of nitriles is 1. The first-order valence-corrected chi connectivity index (χ1v) is 5.92. The van der Waals surface area contributed by atoms with E-state index in [0.29, 0.717) is 0 Å². The molecule has 0 aliphatic heterocycles. The molecule has 0 aromatic carbocycles. The number of aromatic nitrogens is 2. The summed E-state index contributed by atoms with van der Waals surface area (Å²) in [6, 6.07) is 1.46. The summed E-state index contributed by atoms with van der Waals surface area (Å²) >= 11 is 0. The Balaban J connectivity index is 3.48. The summed E-state index contributed by atoms with van der Waals surface area (Å²) in [5.41, 5.74) is -1.30. The van der Waals surface area contributed by atoms with Gasteiger partial charge in [-0.1, -0.05) is 13.8 Å². The van der Waals surface area contributed by atoms with Gasteiger partial charge in [0, 0.05) is 14.1 Å². The molecule has 2 N–H and O–H groups in total. The van der Waals surface area contributed by atoms with Crippen LogP contribution in [0.4, 0.5) is 5.82 Å². The quantitative estimate of drug-likeness (QED) is 0.757. The molecule has 1 aromatic heterocycles. The van der Waals surface area contributed by atoms with Gasteiger partial charge in [-0.05, 0) is 5.92 Å². The van der Waals surface area contributed by atoms with Gasteiger partial charge in [-0.15, -0.1) is 0 Å². The predicted octanol–water partition coefficient (Wildman–Crippen LogP) is -0.616.